The van der Waals surface area contributed by atoms with E-state index < -0.39 is 5.97 Å². The summed E-state index contributed by atoms with van der Waals surface area (Å²) in [6.45, 7) is 0. The van der Waals surface area contributed by atoms with Crippen LogP contribution in [-0.2, 0) is 0 Å². The minimum atomic E-state index is -1.43. The maximum absolute atomic E-state index is 10.5. The Morgan fingerprint density at radius 2 is 1.92 bits per heavy atom. The number of carbonyl (C=O) groups excluding carboxylic acids is 1. The van der Waals surface area contributed by atoms with Gasteiger partial charge < -0.3 is 15.6 Å². The van der Waals surface area contributed by atoms with E-state index in [0.717, 1.165) is 0 Å². The topological polar surface area (TPSA) is 66.2 Å². The van der Waals surface area contributed by atoms with Gasteiger partial charge in [0.2, 0.25) is 0 Å². The van der Waals surface area contributed by atoms with Crippen LogP contribution in [0.2, 0.25) is 10.0 Å². The Bertz CT molecular complexity index is 344. The summed E-state index contributed by atoms with van der Waals surface area (Å²) in [5, 5.41) is 10.5. The number of hydrogen-bond acceptors (Lipinski definition) is 3. The molecular formula is C7H4Cl2NNaO2. The molecule has 0 atom stereocenters. The quantitative estimate of drug-likeness (QED) is 0.444. The Labute approximate surface area is 107 Å². The number of halogens is 2. The van der Waals surface area contributed by atoms with Gasteiger partial charge in [0.05, 0.1) is 16.0 Å². The number of hydrogen-bond donors (Lipinski definition) is 1. The average Bonchev–Trinajstić information content (AvgIpc) is 1.97. The number of carbonyl (C=O) groups is 1. The standard InChI is InChI=1S/C7H5Cl2NO2.Na/c8-3-1-2-4(10)5(6(3)9)7(11)12;/h1-2H,10H2,(H,11,12);/q;+1/p-1. The molecule has 0 aromatic heterocycles. The van der Waals surface area contributed by atoms with Gasteiger partial charge in [0.25, 0.3) is 0 Å². The third kappa shape index (κ3) is 2.76. The van der Waals surface area contributed by atoms with E-state index in [-0.39, 0.29) is 50.9 Å². The Balaban J connectivity index is 0.00000144. The zero-order valence-corrected chi connectivity index (χ0v) is 10.3. The zero-order valence-electron chi connectivity index (χ0n) is 6.80. The summed E-state index contributed by atoms with van der Waals surface area (Å²) in [6.07, 6.45) is 0. The van der Waals surface area contributed by atoms with Gasteiger partial charge in [-0.25, -0.2) is 0 Å². The summed E-state index contributed by atoms with van der Waals surface area (Å²) in [6, 6.07) is 2.78. The van der Waals surface area contributed by atoms with Gasteiger partial charge in [0.15, 0.2) is 0 Å². The fraction of sp³-hybridized carbons (Fsp3) is 0. The molecule has 3 nitrogen and oxygen atoms in total. The number of aromatic carboxylic acids is 1. The molecule has 2 N–H and O–H groups in total. The summed E-state index contributed by atoms with van der Waals surface area (Å²) in [5.74, 6) is -1.43. The zero-order chi connectivity index (χ0) is 9.30. The van der Waals surface area contributed by atoms with Crippen molar-refractivity contribution in [2.24, 2.45) is 0 Å². The molecule has 0 heterocycles. The van der Waals surface area contributed by atoms with E-state index in [1.54, 1.807) is 0 Å². The second kappa shape index (κ2) is 5.08. The number of benzene rings is 1. The molecule has 0 aliphatic rings. The van der Waals surface area contributed by atoms with Gasteiger partial charge in [-0.1, -0.05) is 23.2 Å². The van der Waals surface area contributed by atoms with Crippen molar-refractivity contribution in [3.05, 3.63) is 27.7 Å². The van der Waals surface area contributed by atoms with Gasteiger partial charge in [-0.2, -0.15) is 0 Å². The Kier molecular flexibility index (Phi) is 5.10. The monoisotopic (exact) mass is 227 g/mol. The van der Waals surface area contributed by atoms with E-state index in [2.05, 4.69) is 0 Å². The first kappa shape index (κ1) is 13.1. The van der Waals surface area contributed by atoms with Crippen LogP contribution < -0.4 is 40.4 Å². The number of nitrogen functional groups attached to an aromatic ring is 1. The van der Waals surface area contributed by atoms with Crippen LogP contribution >= 0.6 is 23.2 Å². The van der Waals surface area contributed by atoms with E-state index in [9.17, 15) is 9.90 Å². The first-order valence-electron chi connectivity index (χ1n) is 2.99. The smallest absolute Gasteiger partial charge is 0.545 e. The summed E-state index contributed by atoms with van der Waals surface area (Å²) in [4.78, 5) is 10.5. The molecule has 0 saturated heterocycles. The number of carboxylic acid groups (broad SMARTS) is 1. The van der Waals surface area contributed by atoms with Gasteiger partial charge in [0, 0.05) is 11.3 Å². The third-order valence-corrected chi connectivity index (χ3v) is 2.14. The van der Waals surface area contributed by atoms with Gasteiger partial charge in [0.1, 0.15) is 0 Å². The van der Waals surface area contributed by atoms with E-state index >= 15 is 0 Å². The van der Waals surface area contributed by atoms with Crippen LogP contribution in [0.4, 0.5) is 5.69 Å². The van der Waals surface area contributed by atoms with E-state index in [1.165, 1.54) is 12.1 Å². The van der Waals surface area contributed by atoms with E-state index in [4.69, 9.17) is 28.9 Å². The predicted molar refractivity (Wildman–Crippen MR) is 45.2 cm³/mol. The minimum Gasteiger partial charge on any atom is -0.545 e. The second-order valence-corrected chi connectivity index (χ2v) is 2.90. The molecule has 1 aromatic carbocycles. The van der Waals surface area contributed by atoms with Crippen LogP contribution in [-0.4, -0.2) is 5.97 Å². The van der Waals surface area contributed by atoms with Crippen molar-refractivity contribution in [1.82, 2.24) is 0 Å². The van der Waals surface area contributed by atoms with E-state index in [1.807, 2.05) is 0 Å². The molecule has 0 saturated carbocycles. The number of carboxylic acids is 1. The molecule has 0 unspecified atom stereocenters. The molecule has 1 aromatic rings. The molecule has 6 heteroatoms. The third-order valence-electron chi connectivity index (χ3n) is 1.33. The average molecular weight is 228 g/mol. The fourth-order valence-corrected chi connectivity index (χ4v) is 1.18. The fourth-order valence-electron chi connectivity index (χ4n) is 0.773. The van der Waals surface area contributed by atoms with Gasteiger partial charge in [-0.15, -0.1) is 0 Å². The Morgan fingerprint density at radius 1 is 1.38 bits per heavy atom. The summed E-state index contributed by atoms with van der Waals surface area (Å²) < 4.78 is 0. The van der Waals surface area contributed by atoms with Crippen molar-refractivity contribution in [2.45, 2.75) is 0 Å². The molecule has 0 aliphatic heterocycles. The van der Waals surface area contributed by atoms with Crippen LogP contribution in [0.5, 0.6) is 0 Å². The van der Waals surface area contributed by atoms with Crippen LogP contribution in [0.15, 0.2) is 12.1 Å². The summed E-state index contributed by atoms with van der Waals surface area (Å²) >= 11 is 11.1. The molecule has 0 fully saturated rings. The molecule has 13 heavy (non-hydrogen) atoms. The maximum Gasteiger partial charge on any atom is 1.00 e. The molecular weight excluding hydrogens is 224 g/mol. The first-order valence-corrected chi connectivity index (χ1v) is 3.74. The van der Waals surface area contributed by atoms with Crippen LogP contribution in [0.1, 0.15) is 10.4 Å². The number of rotatable bonds is 1. The maximum atomic E-state index is 10.5. The van der Waals surface area contributed by atoms with Gasteiger partial charge >= 0.3 is 29.6 Å². The summed E-state index contributed by atoms with van der Waals surface area (Å²) in [7, 11) is 0. The van der Waals surface area contributed by atoms with Crippen LogP contribution in [0.3, 0.4) is 0 Å². The molecule has 0 bridgehead atoms. The van der Waals surface area contributed by atoms with Gasteiger partial charge in [-0.05, 0) is 12.1 Å². The summed E-state index contributed by atoms with van der Waals surface area (Å²) in [5.41, 5.74) is 5.11. The van der Waals surface area contributed by atoms with Crippen molar-refractivity contribution >= 4 is 34.9 Å². The van der Waals surface area contributed by atoms with Gasteiger partial charge in [-0.3, -0.25) is 0 Å². The molecule has 0 amide bonds. The van der Waals surface area contributed by atoms with Crippen LogP contribution in [0, 0.1) is 0 Å². The number of anilines is 1. The van der Waals surface area contributed by atoms with Crippen molar-refractivity contribution in [3.63, 3.8) is 0 Å². The molecule has 0 spiro atoms. The molecule has 0 radical (unpaired) electrons. The molecule has 64 valence electrons. The molecule has 0 aliphatic carbocycles. The van der Waals surface area contributed by atoms with Crippen LogP contribution in [0.25, 0.3) is 0 Å². The SMILES string of the molecule is Nc1ccc(Cl)c(Cl)c1C(=O)[O-].[Na+]. The van der Waals surface area contributed by atoms with Crippen molar-refractivity contribution in [1.29, 1.82) is 0 Å². The predicted octanol–water partition coefficient (Wildman–Crippen LogP) is -2.06. The van der Waals surface area contributed by atoms with Crippen molar-refractivity contribution < 1.29 is 39.5 Å². The normalized spacial score (nSPS) is 9.08. The Morgan fingerprint density at radius 3 is 2.31 bits per heavy atom. The van der Waals surface area contributed by atoms with Crippen molar-refractivity contribution in [3.8, 4) is 0 Å². The van der Waals surface area contributed by atoms with E-state index in [0.29, 0.717) is 0 Å². The largest absolute Gasteiger partial charge is 1.00 e. The molecule has 1 rings (SSSR count). The minimum absolute atomic E-state index is 0. The first-order chi connectivity index (χ1) is 5.54. The number of nitrogens with two attached hydrogens (primary N) is 1. The Hall–Kier alpha value is 0.0700. The van der Waals surface area contributed by atoms with Crippen molar-refractivity contribution in [2.75, 3.05) is 5.73 Å². The second-order valence-electron chi connectivity index (χ2n) is 2.11.